The molecule has 0 aromatic heterocycles. The first kappa shape index (κ1) is 12.3. The summed E-state index contributed by atoms with van der Waals surface area (Å²) in [5, 5.41) is 3.33. The monoisotopic (exact) mass is 266 g/mol. The van der Waals surface area contributed by atoms with Crippen molar-refractivity contribution < 1.29 is 0 Å². The first-order chi connectivity index (χ1) is 9.15. The maximum Gasteiger partial charge on any atom is 0.0412 e. The van der Waals surface area contributed by atoms with Crippen LogP contribution in [0.3, 0.4) is 0 Å². The van der Waals surface area contributed by atoms with Crippen molar-refractivity contribution in [1.29, 1.82) is 0 Å². The molecule has 3 aromatic carbocycles. The van der Waals surface area contributed by atoms with E-state index in [2.05, 4.69) is 56.3 Å². The summed E-state index contributed by atoms with van der Waals surface area (Å²) in [6.45, 7) is 4.25. The fourth-order valence-electron chi connectivity index (χ4n) is 2.52. The van der Waals surface area contributed by atoms with Crippen molar-refractivity contribution in [3.05, 3.63) is 70.7 Å². The minimum Gasteiger partial charge on any atom is -0.0843 e. The summed E-state index contributed by atoms with van der Waals surface area (Å²) < 4.78 is 0. The second kappa shape index (κ2) is 4.71. The standard InChI is InChI=1S/C18H15Cl/c1-12-6-9-16-14(10-12)4-3-5-17(16)18-11-15(19)8-7-13(18)2/h3-11H,1-2H3. The van der Waals surface area contributed by atoms with Crippen molar-refractivity contribution in [2.75, 3.05) is 0 Å². The fourth-order valence-corrected chi connectivity index (χ4v) is 2.69. The van der Waals surface area contributed by atoms with Gasteiger partial charge >= 0.3 is 0 Å². The Hall–Kier alpha value is -1.79. The molecule has 3 aromatic rings. The van der Waals surface area contributed by atoms with Gasteiger partial charge in [0, 0.05) is 5.02 Å². The third-order valence-corrected chi connectivity index (χ3v) is 3.76. The molecule has 0 N–H and O–H groups in total. The molecule has 0 heterocycles. The van der Waals surface area contributed by atoms with Gasteiger partial charge in [-0.25, -0.2) is 0 Å². The van der Waals surface area contributed by atoms with Gasteiger partial charge in [0.1, 0.15) is 0 Å². The zero-order valence-corrected chi connectivity index (χ0v) is 11.8. The molecule has 0 amide bonds. The van der Waals surface area contributed by atoms with Crippen LogP contribution in [0.4, 0.5) is 0 Å². The lowest BCUT2D eigenvalue weighted by molar-refractivity contribution is 1.46. The van der Waals surface area contributed by atoms with Crippen LogP contribution in [-0.2, 0) is 0 Å². The van der Waals surface area contributed by atoms with Gasteiger partial charge in [0.05, 0.1) is 0 Å². The molecule has 0 saturated carbocycles. The van der Waals surface area contributed by atoms with E-state index in [-0.39, 0.29) is 0 Å². The Morgan fingerprint density at radius 2 is 1.63 bits per heavy atom. The van der Waals surface area contributed by atoms with E-state index in [0.29, 0.717) is 0 Å². The Bertz CT molecular complexity index is 757. The minimum absolute atomic E-state index is 0.782. The maximum absolute atomic E-state index is 6.14. The number of hydrogen-bond acceptors (Lipinski definition) is 0. The molecule has 0 spiro atoms. The average molecular weight is 267 g/mol. The van der Waals surface area contributed by atoms with Crippen LogP contribution in [0.2, 0.25) is 5.02 Å². The number of fused-ring (bicyclic) bond motifs is 1. The summed E-state index contributed by atoms with van der Waals surface area (Å²) >= 11 is 6.14. The lowest BCUT2D eigenvalue weighted by atomic mass is 9.94. The molecule has 0 nitrogen and oxygen atoms in total. The van der Waals surface area contributed by atoms with Crippen LogP contribution in [0.25, 0.3) is 21.9 Å². The van der Waals surface area contributed by atoms with Crippen LogP contribution in [-0.4, -0.2) is 0 Å². The lowest BCUT2D eigenvalue weighted by Crippen LogP contribution is -1.86. The van der Waals surface area contributed by atoms with Crippen LogP contribution in [0.15, 0.2) is 54.6 Å². The van der Waals surface area contributed by atoms with Gasteiger partial charge in [-0.05, 0) is 53.4 Å². The second-order valence-corrected chi connectivity index (χ2v) is 5.43. The van der Waals surface area contributed by atoms with Crippen LogP contribution in [0.1, 0.15) is 11.1 Å². The Kier molecular flexibility index (Phi) is 3.04. The predicted octanol–water partition coefficient (Wildman–Crippen LogP) is 5.78. The molecule has 0 atom stereocenters. The summed E-state index contributed by atoms with van der Waals surface area (Å²) in [5.74, 6) is 0. The van der Waals surface area contributed by atoms with Gasteiger partial charge in [-0.1, -0.05) is 59.6 Å². The molecule has 0 aliphatic rings. The van der Waals surface area contributed by atoms with E-state index >= 15 is 0 Å². The highest BCUT2D eigenvalue weighted by atomic mass is 35.5. The molecule has 3 rings (SSSR count). The van der Waals surface area contributed by atoms with Crippen LogP contribution >= 0.6 is 11.6 Å². The molecular formula is C18H15Cl. The SMILES string of the molecule is Cc1ccc2c(-c3cc(Cl)ccc3C)cccc2c1. The van der Waals surface area contributed by atoms with Crippen LogP contribution in [0.5, 0.6) is 0 Å². The van der Waals surface area contributed by atoms with Crippen molar-refractivity contribution >= 4 is 22.4 Å². The number of rotatable bonds is 1. The summed E-state index contributed by atoms with van der Waals surface area (Å²) in [6.07, 6.45) is 0. The molecule has 19 heavy (non-hydrogen) atoms. The third-order valence-electron chi connectivity index (χ3n) is 3.53. The molecule has 0 fully saturated rings. The topological polar surface area (TPSA) is 0 Å². The van der Waals surface area contributed by atoms with Crippen LogP contribution in [0, 0.1) is 13.8 Å². The molecule has 0 aliphatic carbocycles. The predicted molar refractivity (Wildman–Crippen MR) is 83.9 cm³/mol. The molecule has 0 unspecified atom stereocenters. The molecule has 0 saturated heterocycles. The largest absolute Gasteiger partial charge is 0.0843 e. The first-order valence-corrected chi connectivity index (χ1v) is 6.79. The Morgan fingerprint density at radius 1 is 0.789 bits per heavy atom. The minimum atomic E-state index is 0.782. The van der Waals surface area contributed by atoms with Crippen molar-refractivity contribution in [2.24, 2.45) is 0 Å². The van der Waals surface area contributed by atoms with Gasteiger partial charge in [0.15, 0.2) is 0 Å². The number of hydrogen-bond donors (Lipinski definition) is 0. The maximum atomic E-state index is 6.14. The number of benzene rings is 3. The van der Waals surface area contributed by atoms with Crippen LogP contribution < -0.4 is 0 Å². The number of aryl methyl sites for hydroxylation is 2. The van der Waals surface area contributed by atoms with Crippen molar-refractivity contribution in [1.82, 2.24) is 0 Å². The van der Waals surface area contributed by atoms with Gasteiger partial charge in [0.2, 0.25) is 0 Å². The van der Waals surface area contributed by atoms with E-state index in [9.17, 15) is 0 Å². The second-order valence-electron chi connectivity index (χ2n) is 4.99. The lowest BCUT2D eigenvalue weighted by Gasteiger charge is -2.11. The van der Waals surface area contributed by atoms with Crippen molar-refractivity contribution in [2.45, 2.75) is 13.8 Å². The van der Waals surface area contributed by atoms with E-state index in [0.717, 1.165) is 5.02 Å². The van der Waals surface area contributed by atoms with Gasteiger partial charge in [0.25, 0.3) is 0 Å². The smallest absolute Gasteiger partial charge is 0.0412 e. The highest BCUT2D eigenvalue weighted by molar-refractivity contribution is 6.31. The summed E-state index contributed by atoms with van der Waals surface area (Å²) in [6, 6.07) is 19.1. The third kappa shape index (κ3) is 2.24. The van der Waals surface area contributed by atoms with E-state index in [1.165, 1.54) is 33.0 Å². The molecule has 0 aliphatic heterocycles. The molecule has 94 valence electrons. The van der Waals surface area contributed by atoms with Gasteiger partial charge in [-0.15, -0.1) is 0 Å². The van der Waals surface area contributed by atoms with Gasteiger partial charge in [-0.2, -0.15) is 0 Å². The van der Waals surface area contributed by atoms with E-state index in [1.54, 1.807) is 0 Å². The molecular weight excluding hydrogens is 252 g/mol. The summed E-state index contributed by atoms with van der Waals surface area (Å²) in [5.41, 5.74) is 4.99. The molecule has 1 heteroatoms. The average Bonchev–Trinajstić information content (AvgIpc) is 2.40. The van der Waals surface area contributed by atoms with Gasteiger partial charge in [-0.3, -0.25) is 0 Å². The molecule has 0 bridgehead atoms. The van der Waals surface area contributed by atoms with E-state index in [1.807, 2.05) is 12.1 Å². The quantitative estimate of drug-likeness (QED) is 0.524. The zero-order valence-electron chi connectivity index (χ0n) is 11.1. The Morgan fingerprint density at radius 3 is 2.47 bits per heavy atom. The number of halogens is 1. The molecule has 0 radical (unpaired) electrons. The van der Waals surface area contributed by atoms with Gasteiger partial charge < -0.3 is 0 Å². The normalized spacial score (nSPS) is 10.9. The van der Waals surface area contributed by atoms with E-state index in [4.69, 9.17) is 11.6 Å². The van der Waals surface area contributed by atoms with Crippen molar-refractivity contribution in [3.8, 4) is 11.1 Å². The summed E-state index contributed by atoms with van der Waals surface area (Å²) in [4.78, 5) is 0. The summed E-state index contributed by atoms with van der Waals surface area (Å²) in [7, 11) is 0. The van der Waals surface area contributed by atoms with Crippen molar-refractivity contribution in [3.63, 3.8) is 0 Å². The Labute approximate surface area is 118 Å². The zero-order chi connectivity index (χ0) is 13.4. The fraction of sp³-hybridized carbons (Fsp3) is 0.111. The Balaban J connectivity index is 2.33. The van der Waals surface area contributed by atoms with E-state index < -0.39 is 0 Å². The first-order valence-electron chi connectivity index (χ1n) is 6.41. The highest BCUT2D eigenvalue weighted by Crippen LogP contribution is 2.32. The highest BCUT2D eigenvalue weighted by Gasteiger charge is 2.07.